The zero-order chi connectivity index (χ0) is 27.9. The van der Waals surface area contributed by atoms with Gasteiger partial charge in [-0.2, -0.15) is 18.3 Å². The van der Waals surface area contributed by atoms with Crippen LogP contribution >= 0.6 is 11.6 Å². The Labute approximate surface area is 214 Å². The predicted octanol–water partition coefficient (Wildman–Crippen LogP) is 4.80. The van der Waals surface area contributed by atoms with Crippen LogP contribution in [0.1, 0.15) is 42.5 Å². The van der Waals surface area contributed by atoms with Crippen LogP contribution in [0, 0.1) is 12.7 Å². The Morgan fingerprint density at radius 3 is 2.46 bits per heavy atom. The summed E-state index contributed by atoms with van der Waals surface area (Å²) in [6.45, 7) is 5.19. The molecule has 0 aliphatic carbocycles. The molecule has 9 nitrogen and oxygen atoms in total. The van der Waals surface area contributed by atoms with Gasteiger partial charge in [0.1, 0.15) is 22.2 Å². The molecule has 200 valence electrons. The highest BCUT2D eigenvalue weighted by atomic mass is 35.5. The highest BCUT2D eigenvalue weighted by Gasteiger charge is 2.39. The molecule has 0 saturated heterocycles. The first-order chi connectivity index (χ1) is 17.0. The molecular weight excluding hydrogens is 522 g/mol. The SMILES string of the molecule is COc1ncc(C)c(NC(=O)c2cc(F)c(-c3nc(C(C)(C)O)n(C)n3)cc2OC(C)C(F)(F)F)c1Cl. The van der Waals surface area contributed by atoms with E-state index in [2.05, 4.69) is 20.4 Å². The van der Waals surface area contributed by atoms with Gasteiger partial charge in [0.2, 0.25) is 5.88 Å². The van der Waals surface area contributed by atoms with Gasteiger partial charge in [-0.25, -0.2) is 19.0 Å². The van der Waals surface area contributed by atoms with E-state index in [1.165, 1.54) is 38.9 Å². The Morgan fingerprint density at radius 2 is 1.92 bits per heavy atom. The van der Waals surface area contributed by atoms with Crippen molar-refractivity contribution in [3.05, 3.63) is 46.1 Å². The van der Waals surface area contributed by atoms with Crippen molar-refractivity contribution in [1.29, 1.82) is 0 Å². The molecule has 0 fully saturated rings. The number of methoxy groups -OCH3 is 1. The molecule has 3 rings (SSSR count). The molecule has 37 heavy (non-hydrogen) atoms. The third-order valence-electron chi connectivity index (χ3n) is 5.24. The Balaban J connectivity index is 2.13. The van der Waals surface area contributed by atoms with Crippen LogP contribution in [0.15, 0.2) is 18.3 Å². The largest absolute Gasteiger partial charge is 0.480 e. The van der Waals surface area contributed by atoms with Crippen LogP contribution < -0.4 is 14.8 Å². The van der Waals surface area contributed by atoms with Crippen LogP contribution in [-0.4, -0.2) is 50.2 Å². The average Bonchev–Trinajstić information content (AvgIpc) is 3.18. The minimum absolute atomic E-state index is 0.00454. The van der Waals surface area contributed by atoms with E-state index < -0.39 is 40.9 Å². The molecule has 0 aliphatic rings. The number of pyridine rings is 1. The predicted molar refractivity (Wildman–Crippen MR) is 126 cm³/mol. The molecule has 0 radical (unpaired) electrons. The zero-order valence-electron chi connectivity index (χ0n) is 20.7. The number of hydrogen-bond donors (Lipinski definition) is 2. The van der Waals surface area contributed by atoms with Gasteiger partial charge in [0.15, 0.2) is 17.8 Å². The summed E-state index contributed by atoms with van der Waals surface area (Å²) in [5.74, 6) is -2.75. The minimum atomic E-state index is -4.78. The van der Waals surface area contributed by atoms with Crippen LogP contribution in [0.2, 0.25) is 5.02 Å². The number of rotatable bonds is 7. The van der Waals surface area contributed by atoms with Crippen LogP contribution in [0.3, 0.4) is 0 Å². The van der Waals surface area contributed by atoms with Crippen molar-refractivity contribution in [2.75, 3.05) is 12.4 Å². The van der Waals surface area contributed by atoms with Crippen LogP contribution in [0.25, 0.3) is 11.4 Å². The van der Waals surface area contributed by atoms with Gasteiger partial charge in [0.25, 0.3) is 5.91 Å². The zero-order valence-corrected chi connectivity index (χ0v) is 21.4. The minimum Gasteiger partial charge on any atom is -0.480 e. The van der Waals surface area contributed by atoms with Crippen molar-refractivity contribution in [3.8, 4) is 23.0 Å². The Morgan fingerprint density at radius 1 is 1.27 bits per heavy atom. The second-order valence-corrected chi connectivity index (χ2v) is 9.04. The lowest BCUT2D eigenvalue weighted by Gasteiger charge is -2.20. The Hall–Kier alpha value is -3.45. The summed E-state index contributed by atoms with van der Waals surface area (Å²) >= 11 is 6.22. The first-order valence-corrected chi connectivity index (χ1v) is 11.1. The first-order valence-electron chi connectivity index (χ1n) is 10.8. The van der Waals surface area contributed by atoms with Gasteiger partial charge in [-0.3, -0.25) is 4.79 Å². The van der Waals surface area contributed by atoms with Crippen LogP contribution in [-0.2, 0) is 12.6 Å². The molecule has 0 aliphatic heterocycles. The fourth-order valence-corrected chi connectivity index (χ4v) is 3.64. The number of nitrogens with zero attached hydrogens (tertiary/aromatic N) is 4. The Kier molecular flexibility index (Phi) is 7.70. The van der Waals surface area contributed by atoms with E-state index in [4.69, 9.17) is 21.1 Å². The molecule has 0 bridgehead atoms. The lowest BCUT2D eigenvalue weighted by Crippen LogP contribution is -2.32. The van der Waals surface area contributed by atoms with Crippen LogP contribution in [0.5, 0.6) is 11.6 Å². The second-order valence-electron chi connectivity index (χ2n) is 8.67. The molecule has 2 aromatic heterocycles. The lowest BCUT2D eigenvalue weighted by molar-refractivity contribution is -0.189. The number of alkyl halides is 3. The van der Waals surface area contributed by atoms with Crippen molar-refractivity contribution < 1.29 is 36.9 Å². The van der Waals surface area contributed by atoms with E-state index in [1.54, 1.807) is 6.92 Å². The van der Waals surface area contributed by atoms with E-state index in [9.17, 15) is 23.1 Å². The van der Waals surface area contributed by atoms with Crippen molar-refractivity contribution in [1.82, 2.24) is 19.7 Å². The summed E-state index contributed by atoms with van der Waals surface area (Å²) in [7, 11) is 2.77. The smallest absolute Gasteiger partial charge is 0.425 e. The molecule has 3 aromatic rings. The molecular formula is C23H24ClF4N5O4. The number of ether oxygens (including phenoxy) is 2. The number of hydrogen-bond acceptors (Lipinski definition) is 7. The average molecular weight is 546 g/mol. The number of halogens is 5. The molecule has 14 heteroatoms. The van der Waals surface area contributed by atoms with Crippen molar-refractivity contribution in [2.24, 2.45) is 7.05 Å². The summed E-state index contributed by atoms with van der Waals surface area (Å²) in [5.41, 5.74) is -1.84. The summed E-state index contributed by atoms with van der Waals surface area (Å²) in [4.78, 5) is 21.2. The third kappa shape index (κ3) is 5.93. The number of nitrogens with one attached hydrogen (secondary N) is 1. The lowest BCUT2D eigenvalue weighted by atomic mass is 10.1. The molecule has 1 atom stereocenters. The summed E-state index contributed by atoms with van der Waals surface area (Å²) < 4.78 is 66.4. The van der Waals surface area contributed by atoms with Crippen LogP contribution in [0.4, 0.5) is 23.2 Å². The maximum atomic E-state index is 15.2. The molecule has 0 spiro atoms. The number of aryl methyl sites for hydroxylation is 2. The number of carbonyl (C=O) groups excluding carboxylic acids is 1. The number of anilines is 1. The first kappa shape index (κ1) is 28.1. The number of benzene rings is 1. The van der Waals surface area contributed by atoms with Gasteiger partial charge in [-0.15, -0.1) is 0 Å². The van der Waals surface area contributed by atoms with Crippen molar-refractivity contribution in [2.45, 2.75) is 45.6 Å². The van der Waals surface area contributed by atoms with E-state index in [0.29, 0.717) is 11.6 Å². The number of carbonyl (C=O) groups is 1. The third-order valence-corrected chi connectivity index (χ3v) is 5.59. The maximum Gasteiger partial charge on any atom is 0.425 e. The topological polar surface area (TPSA) is 111 Å². The Bertz CT molecular complexity index is 1340. The van der Waals surface area contributed by atoms with Gasteiger partial charge in [0, 0.05) is 13.2 Å². The van der Waals surface area contributed by atoms with Gasteiger partial charge >= 0.3 is 6.18 Å². The normalized spacial score (nSPS) is 12.9. The summed E-state index contributed by atoms with van der Waals surface area (Å²) in [5, 5.41) is 16.7. The van der Waals surface area contributed by atoms with Crippen molar-refractivity contribution in [3.63, 3.8) is 0 Å². The highest BCUT2D eigenvalue weighted by Crippen LogP contribution is 2.36. The van der Waals surface area contributed by atoms with E-state index in [-0.39, 0.29) is 33.8 Å². The number of aliphatic hydroxyl groups is 1. The van der Waals surface area contributed by atoms with Gasteiger partial charge in [-0.05, 0) is 45.4 Å². The fourth-order valence-electron chi connectivity index (χ4n) is 3.32. The standard InChI is InChI=1S/C23H24ClF4N5O4/c1-10-9-29-20(36-6)16(24)17(10)30-19(34)13-7-14(25)12(8-15(13)37-11(2)23(26,27)28)18-31-21(22(3,4)35)33(5)32-18/h7-9,11,35H,1-6H3,(H,29,30,34). The van der Waals surface area contributed by atoms with E-state index in [1.807, 2.05) is 0 Å². The van der Waals surface area contributed by atoms with Gasteiger partial charge < -0.3 is 19.9 Å². The molecule has 1 unspecified atom stereocenters. The summed E-state index contributed by atoms with van der Waals surface area (Å²) in [6, 6.07) is 1.61. The molecule has 2 N–H and O–H groups in total. The molecule has 0 saturated carbocycles. The highest BCUT2D eigenvalue weighted by molar-refractivity contribution is 6.35. The van der Waals surface area contributed by atoms with E-state index >= 15 is 4.39 Å². The molecule has 1 amide bonds. The monoisotopic (exact) mass is 545 g/mol. The second kappa shape index (κ2) is 10.1. The number of aromatic nitrogens is 4. The van der Waals surface area contributed by atoms with E-state index in [0.717, 1.165) is 13.0 Å². The van der Waals surface area contributed by atoms with Crippen molar-refractivity contribution >= 4 is 23.2 Å². The van der Waals surface area contributed by atoms with Gasteiger partial charge in [-0.1, -0.05) is 11.6 Å². The fraction of sp³-hybridized carbons (Fsp3) is 0.391. The molecule has 2 heterocycles. The summed E-state index contributed by atoms with van der Waals surface area (Å²) in [6.07, 6.45) is -5.76. The molecule has 1 aromatic carbocycles. The number of amides is 1. The van der Waals surface area contributed by atoms with Gasteiger partial charge in [0.05, 0.1) is 23.9 Å². The quantitative estimate of drug-likeness (QED) is 0.410. The maximum absolute atomic E-state index is 15.2.